The number of rotatable bonds is 8. The van der Waals surface area contributed by atoms with Gasteiger partial charge in [-0.1, -0.05) is 17.7 Å². The number of hydrogen-bond acceptors (Lipinski definition) is 8. The van der Waals surface area contributed by atoms with Gasteiger partial charge in [-0.05, 0) is 56.1 Å². The van der Waals surface area contributed by atoms with Crippen molar-refractivity contribution in [1.82, 2.24) is 20.1 Å². The molecule has 2 N–H and O–H groups in total. The molecule has 0 amide bonds. The minimum atomic E-state index is -1.21. The number of carbonyl (C=O) groups excluding carboxylic acids is 1. The average Bonchev–Trinajstić information content (AvgIpc) is 3.64. The van der Waals surface area contributed by atoms with E-state index in [0.717, 1.165) is 24.5 Å². The molecule has 210 valence electrons. The van der Waals surface area contributed by atoms with Crippen LogP contribution in [0, 0.1) is 17.6 Å². The van der Waals surface area contributed by atoms with Crippen molar-refractivity contribution in [3.8, 4) is 0 Å². The van der Waals surface area contributed by atoms with Crippen LogP contribution in [0.25, 0.3) is 0 Å². The second-order valence-corrected chi connectivity index (χ2v) is 10.8. The number of nitrogens with zero attached hydrogens (tertiary/aromatic N) is 4. The van der Waals surface area contributed by atoms with Gasteiger partial charge in [-0.15, -0.1) is 11.3 Å². The number of aromatic nitrogens is 3. The van der Waals surface area contributed by atoms with Crippen molar-refractivity contribution in [2.75, 3.05) is 6.61 Å². The molecule has 0 radical (unpaired) electrons. The maximum atomic E-state index is 14.6. The van der Waals surface area contributed by atoms with Gasteiger partial charge in [-0.25, -0.2) is 18.6 Å². The predicted molar refractivity (Wildman–Crippen MR) is 144 cm³/mol. The van der Waals surface area contributed by atoms with Gasteiger partial charge >= 0.3 is 11.9 Å². The molecule has 0 saturated heterocycles. The largest absolute Gasteiger partial charge is 0.480 e. The van der Waals surface area contributed by atoms with Gasteiger partial charge in [0.15, 0.2) is 22.5 Å². The summed E-state index contributed by atoms with van der Waals surface area (Å²) in [5, 5.41) is 18.4. The molecule has 1 unspecified atom stereocenters. The van der Waals surface area contributed by atoms with Crippen molar-refractivity contribution in [2.45, 2.75) is 51.1 Å². The molecule has 0 spiro atoms. The monoisotopic (exact) mass is 589 g/mol. The van der Waals surface area contributed by atoms with Crippen LogP contribution in [0.1, 0.15) is 60.7 Å². The number of halogens is 3. The van der Waals surface area contributed by atoms with E-state index in [0.29, 0.717) is 29.4 Å². The molecular formula is C27H26ClF2N5O4S. The Balaban J connectivity index is 1.51. The summed E-state index contributed by atoms with van der Waals surface area (Å²) in [6.45, 7) is 1.60. The minimum Gasteiger partial charge on any atom is -0.480 e. The lowest BCUT2D eigenvalue weighted by atomic mass is 9.76. The highest BCUT2D eigenvalue weighted by molar-refractivity contribution is 7.11. The highest BCUT2D eigenvalue weighted by atomic mass is 35.5. The van der Waals surface area contributed by atoms with Crippen molar-refractivity contribution in [2.24, 2.45) is 10.9 Å². The number of benzene rings is 1. The van der Waals surface area contributed by atoms with Crippen molar-refractivity contribution >= 4 is 40.7 Å². The molecule has 1 saturated carbocycles. The van der Waals surface area contributed by atoms with E-state index in [2.05, 4.69) is 15.4 Å². The van der Waals surface area contributed by atoms with Crippen LogP contribution in [0.15, 0.2) is 52.4 Å². The second kappa shape index (κ2) is 11.8. The number of carboxylic acid groups (broad SMARTS) is 1. The number of hydrogen-bond donors (Lipinski definition) is 2. The van der Waals surface area contributed by atoms with Crippen LogP contribution in [-0.2, 0) is 20.9 Å². The number of esters is 1. The molecule has 5 rings (SSSR count). The lowest BCUT2D eigenvalue weighted by molar-refractivity contribution is -0.139. The SMILES string of the molecule is CCOC(=O)C1=C(C2CCC(c3cnn(CC(=O)O)c3)CC2)NC(c2nccs2)=NC1c1ccc(F)c(F)c1Cl. The number of ether oxygens (including phenoxy) is 1. The standard InChI is InChI=1S/C27H26ClF2N5O4S/c1-2-39-27(38)20-23(15-5-3-14(4-6-15)16-11-32-35(12-16)13-19(36)37)33-25(26-31-9-10-40-26)34-24(20)17-7-8-18(29)22(30)21(17)28/h7-12,14-15,24H,2-6,13H2,1H3,(H,33,34)(H,36,37). The number of aliphatic carboxylic acids is 1. The van der Waals surface area contributed by atoms with Crippen LogP contribution >= 0.6 is 22.9 Å². The normalized spacial score (nSPS) is 21.1. The number of thiazole rings is 1. The Hall–Kier alpha value is -3.64. The zero-order valence-corrected chi connectivity index (χ0v) is 23.0. The summed E-state index contributed by atoms with van der Waals surface area (Å²) < 4.78 is 35.3. The number of allylic oxidation sites excluding steroid dienone is 1. The van der Waals surface area contributed by atoms with Gasteiger partial charge in [0.25, 0.3) is 0 Å². The van der Waals surface area contributed by atoms with Crippen LogP contribution in [0.3, 0.4) is 0 Å². The van der Waals surface area contributed by atoms with Crippen LogP contribution in [0.2, 0.25) is 5.02 Å². The van der Waals surface area contributed by atoms with Gasteiger partial charge in [0.1, 0.15) is 12.6 Å². The first-order valence-electron chi connectivity index (χ1n) is 12.8. The smallest absolute Gasteiger partial charge is 0.338 e. The van der Waals surface area contributed by atoms with E-state index in [1.54, 1.807) is 30.9 Å². The third kappa shape index (κ3) is 5.64. The summed E-state index contributed by atoms with van der Waals surface area (Å²) in [4.78, 5) is 33.5. The summed E-state index contributed by atoms with van der Waals surface area (Å²) in [6.07, 6.45) is 8.02. The van der Waals surface area contributed by atoms with E-state index in [9.17, 15) is 18.4 Å². The highest BCUT2D eigenvalue weighted by Gasteiger charge is 2.38. The number of carboxylic acids is 1. The molecule has 13 heteroatoms. The second-order valence-electron chi connectivity index (χ2n) is 9.57. The molecular weight excluding hydrogens is 564 g/mol. The number of amidine groups is 1. The fourth-order valence-electron chi connectivity index (χ4n) is 5.28. The van der Waals surface area contributed by atoms with E-state index < -0.39 is 34.6 Å². The third-order valence-electron chi connectivity index (χ3n) is 7.12. The topological polar surface area (TPSA) is 119 Å². The highest BCUT2D eigenvalue weighted by Crippen LogP contribution is 2.44. The molecule has 3 heterocycles. The van der Waals surface area contributed by atoms with E-state index in [1.165, 1.54) is 22.1 Å². The van der Waals surface area contributed by atoms with E-state index >= 15 is 0 Å². The Kier molecular flexibility index (Phi) is 8.27. The van der Waals surface area contributed by atoms with Crippen molar-refractivity contribution < 1.29 is 28.2 Å². The van der Waals surface area contributed by atoms with E-state index in [4.69, 9.17) is 26.4 Å². The lowest BCUT2D eigenvalue weighted by Crippen LogP contribution is -2.38. The first-order valence-corrected chi connectivity index (χ1v) is 14.1. The first-order chi connectivity index (χ1) is 19.3. The average molecular weight is 590 g/mol. The van der Waals surface area contributed by atoms with Crippen LogP contribution in [-0.4, -0.2) is 44.3 Å². The Morgan fingerprint density at radius 1 is 1.23 bits per heavy atom. The Morgan fingerprint density at radius 2 is 1.98 bits per heavy atom. The molecule has 1 aliphatic heterocycles. The molecule has 40 heavy (non-hydrogen) atoms. The lowest BCUT2D eigenvalue weighted by Gasteiger charge is -2.35. The van der Waals surface area contributed by atoms with Crippen molar-refractivity contribution in [3.05, 3.63) is 80.2 Å². The van der Waals surface area contributed by atoms with Crippen molar-refractivity contribution in [3.63, 3.8) is 0 Å². The third-order valence-corrected chi connectivity index (χ3v) is 8.29. The van der Waals surface area contributed by atoms with Crippen LogP contribution in [0.4, 0.5) is 8.78 Å². The van der Waals surface area contributed by atoms with E-state index in [1.807, 2.05) is 0 Å². The maximum absolute atomic E-state index is 14.6. The molecule has 1 aromatic carbocycles. The van der Waals surface area contributed by atoms with Gasteiger partial charge in [-0.2, -0.15) is 5.10 Å². The Labute approximate surface area is 237 Å². The van der Waals surface area contributed by atoms with Gasteiger partial charge in [-0.3, -0.25) is 14.5 Å². The minimum absolute atomic E-state index is 0.0956. The van der Waals surface area contributed by atoms with Crippen LogP contribution in [0.5, 0.6) is 0 Å². The molecule has 3 aromatic rings. The fourth-order valence-corrected chi connectivity index (χ4v) is 6.12. The molecule has 1 aliphatic carbocycles. The molecule has 2 aromatic heterocycles. The number of aliphatic imine (C=N–C) groups is 1. The fraction of sp³-hybridized carbons (Fsp3) is 0.370. The number of nitrogens with one attached hydrogen (secondary N) is 1. The summed E-state index contributed by atoms with van der Waals surface area (Å²) in [5.74, 6) is -3.40. The van der Waals surface area contributed by atoms with Crippen LogP contribution < -0.4 is 5.32 Å². The molecule has 0 bridgehead atoms. The van der Waals surface area contributed by atoms with Gasteiger partial charge in [0.05, 0.1) is 23.4 Å². The zero-order chi connectivity index (χ0) is 28.4. The Morgan fingerprint density at radius 3 is 2.65 bits per heavy atom. The Bertz CT molecular complexity index is 1480. The predicted octanol–water partition coefficient (Wildman–Crippen LogP) is 5.24. The maximum Gasteiger partial charge on any atom is 0.338 e. The van der Waals surface area contributed by atoms with Gasteiger partial charge < -0.3 is 15.2 Å². The van der Waals surface area contributed by atoms with E-state index in [-0.39, 0.29) is 36.1 Å². The quantitative estimate of drug-likeness (QED) is 0.272. The summed E-state index contributed by atoms with van der Waals surface area (Å²) >= 11 is 7.62. The summed E-state index contributed by atoms with van der Waals surface area (Å²) in [5.41, 5.74) is 1.92. The zero-order valence-electron chi connectivity index (χ0n) is 21.4. The van der Waals surface area contributed by atoms with Gasteiger partial charge in [0.2, 0.25) is 0 Å². The van der Waals surface area contributed by atoms with Gasteiger partial charge in [0, 0.05) is 29.0 Å². The molecule has 1 atom stereocenters. The first kappa shape index (κ1) is 27.9. The molecule has 9 nitrogen and oxygen atoms in total. The molecule has 2 aliphatic rings. The summed E-state index contributed by atoms with van der Waals surface area (Å²) in [7, 11) is 0. The van der Waals surface area contributed by atoms with Crippen molar-refractivity contribution in [1.29, 1.82) is 0 Å². The molecule has 1 fully saturated rings. The number of carbonyl (C=O) groups is 2. The summed E-state index contributed by atoms with van der Waals surface area (Å²) in [6, 6.07) is 1.26.